The fourth-order valence-electron chi connectivity index (χ4n) is 0.577. The average Bonchev–Trinajstić information content (AvgIpc) is 1.98. The van der Waals surface area contributed by atoms with E-state index in [9.17, 15) is 0 Å². The lowest BCUT2D eigenvalue weighted by molar-refractivity contribution is 0.189. The standard InChI is InChI=1S/C8H14O3/c1-6(2)8(11)7(10)4-3-5-9/h3-4,7,9-11H,5H2,1-2H3. The molecule has 0 aromatic carbocycles. The minimum atomic E-state index is -0.993. The maximum Gasteiger partial charge on any atom is 0.129 e. The zero-order valence-corrected chi connectivity index (χ0v) is 6.78. The van der Waals surface area contributed by atoms with E-state index in [0.29, 0.717) is 5.57 Å². The van der Waals surface area contributed by atoms with E-state index < -0.39 is 6.10 Å². The summed E-state index contributed by atoms with van der Waals surface area (Å²) in [5.74, 6) is -0.0605. The second kappa shape index (κ2) is 4.93. The van der Waals surface area contributed by atoms with Crippen LogP contribution in [0.2, 0.25) is 0 Å². The Hall–Kier alpha value is -0.800. The van der Waals surface area contributed by atoms with Crippen LogP contribution in [0.25, 0.3) is 0 Å². The van der Waals surface area contributed by atoms with Gasteiger partial charge in [-0.3, -0.25) is 0 Å². The molecule has 0 saturated heterocycles. The Morgan fingerprint density at radius 3 is 2.36 bits per heavy atom. The third-order valence-electron chi connectivity index (χ3n) is 1.22. The Bertz CT molecular complexity index is 166. The van der Waals surface area contributed by atoms with Crippen molar-refractivity contribution in [3.8, 4) is 0 Å². The van der Waals surface area contributed by atoms with Crippen molar-refractivity contribution < 1.29 is 15.3 Å². The molecule has 0 aromatic rings. The number of aliphatic hydroxyl groups is 3. The predicted octanol–water partition coefficient (Wildman–Crippen LogP) is 0.748. The van der Waals surface area contributed by atoms with Gasteiger partial charge in [0.2, 0.25) is 0 Å². The van der Waals surface area contributed by atoms with E-state index in [4.69, 9.17) is 15.3 Å². The monoisotopic (exact) mass is 158 g/mol. The number of aliphatic hydroxyl groups excluding tert-OH is 3. The normalized spacial score (nSPS) is 13.5. The first-order chi connectivity index (χ1) is 5.09. The van der Waals surface area contributed by atoms with E-state index in [2.05, 4.69) is 0 Å². The van der Waals surface area contributed by atoms with Gasteiger partial charge in [0.1, 0.15) is 11.9 Å². The summed E-state index contributed by atoms with van der Waals surface area (Å²) in [7, 11) is 0. The smallest absolute Gasteiger partial charge is 0.129 e. The highest BCUT2D eigenvalue weighted by Gasteiger charge is 2.05. The first-order valence-corrected chi connectivity index (χ1v) is 3.41. The van der Waals surface area contributed by atoms with E-state index in [1.54, 1.807) is 13.8 Å². The Kier molecular flexibility index (Phi) is 4.57. The van der Waals surface area contributed by atoms with Crippen molar-refractivity contribution in [1.29, 1.82) is 0 Å². The van der Waals surface area contributed by atoms with Crippen LogP contribution in [0.4, 0.5) is 0 Å². The Balaban J connectivity index is 4.14. The van der Waals surface area contributed by atoms with Gasteiger partial charge in [-0.15, -0.1) is 0 Å². The lowest BCUT2D eigenvalue weighted by Gasteiger charge is -2.05. The van der Waals surface area contributed by atoms with Crippen molar-refractivity contribution in [3.05, 3.63) is 23.5 Å². The average molecular weight is 158 g/mol. The van der Waals surface area contributed by atoms with Crippen molar-refractivity contribution in [2.24, 2.45) is 0 Å². The summed E-state index contributed by atoms with van der Waals surface area (Å²) in [6, 6.07) is 0. The first kappa shape index (κ1) is 10.2. The third-order valence-corrected chi connectivity index (χ3v) is 1.22. The molecule has 0 fully saturated rings. The van der Waals surface area contributed by atoms with E-state index in [0.717, 1.165) is 0 Å². The quantitative estimate of drug-likeness (QED) is 0.419. The SMILES string of the molecule is CC(C)=C(O)C(O)C=CCO. The molecule has 0 saturated carbocycles. The van der Waals surface area contributed by atoms with E-state index in [-0.39, 0.29) is 12.4 Å². The molecule has 0 rings (SSSR count). The highest BCUT2D eigenvalue weighted by molar-refractivity contribution is 5.12. The lowest BCUT2D eigenvalue weighted by Crippen LogP contribution is -2.07. The maximum atomic E-state index is 9.12. The van der Waals surface area contributed by atoms with Gasteiger partial charge in [0.25, 0.3) is 0 Å². The molecule has 64 valence electrons. The highest BCUT2D eigenvalue weighted by atomic mass is 16.3. The van der Waals surface area contributed by atoms with Gasteiger partial charge in [0.15, 0.2) is 0 Å². The fraction of sp³-hybridized carbons (Fsp3) is 0.500. The minimum Gasteiger partial charge on any atom is -0.509 e. The van der Waals surface area contributed by atoms with Crippen LogP contribution in [0, 0.1) is 0 Å². The molecule has 3 nitrogen and oxygen atoms in total. The Morgan fingerprint density at radius 2 is 2.00 bits per heavy atom. The van der Waals surface area contributed by atoms with Crippen LogP contribution in [0.5, 0.6) is 0 Å². The fourth-order valence-corrected chi connectivity index (χ4v) is 0.577. The topological polar surface area (TPSA) is 60.7 Å². The number of allylic oxidation sites excluding steroid dienone is 1. The predicted molar refractivity (Wildman–Crippen MR) is 43.2 cm³/mol. The highest BCUT2D eigenvalue weighted by Crippen LogP contribution is 2.05. The molecule has 3 heteroatoms. The van der Waals surface area contributed by atoms with Gasteiger partial charge in [-0.2, -0.15) is 0 Å². The molecule has 0 spiro atoms. The van der Waals surface area contributed by atoms with Crippen LogP contribution in [0.1, 0.15) is 13.8 Å². The van der Waals surface area contributed by atoms with Crippen LogP contribution >= 0.6 is 0 Å². The van der Waals surface area contributed by atoms with Crippen molar-refractivity contribution in [3.63, 3.8) is 0 Å². The van der Waals surface area contributed by atoms with Crippen LogP contribution in [-0.2, 0) is 0 Å². The molecular weight excluding hydrogens is 144 g/mol. The molecule has 0 aliphatic heterocycles. The molecule has 1 unspecified atom stereocenters. The first-order valence-electron chi connectivity index (χ1n) is 3.41. The lowest BCUT2D eigenvalue weighted by atomic mass is 10.2. The Morgan fingerprint density at radius 1 is 1.45 bits per heavy atom. The largest absolute Gasteiger partial charge is 0.509 e. The third kappa shape index (κ3) is 3.80. The van der Waals surface area contributed by atoms with E-state index >= 15 is 0 Å². The van der Waals surface area contributed by atoms with Crippen LogP contribution in [-0.4, -0.2) is 28.0 Å². The molecule has 1 atom stereocenters. The van der Waals surface area contributed by atoms with Crippen molar-refractivity contribution in [2.45, 2.75) is 20.0 Å². The molecule has 0 aliphatic carbocycles. The summed E-state index contributed by atoms with van der Waals surface area (Å²) in [5, 5.41) is 26.6. The molecule has 3 N–H and O–H groups in total. The second-order valence-electron chi connectivity index (χ2n) is 2.44. The summed E-state index contributed by atoms with van der Waals surface area (Å²) in [4.78, 5) is 0. The summed E-state index contributed by atoms with van der Waals surface area (Å²) < 4.78 is 0. The van der Waals surface area contributed by atoms with Crippen molar-refractivity contribution >= 4 is 0 Å². The molecule has 0 radical (unpaired) electrons. The molecule has 0 aromatic heterocycles. The van der Waals surface area contributed by atoms with Gasteiger partial charge < -0.3 is 15.3 Å². The summed E-state index contributed by atoms with van der Waals surface area (Å²) in [6.07, 6.45) is 1.72. The second-order valence-corrected chi connectivity index (χ2v) is 2.44. The molecule has 0 aliphatic rings. The summed E-state index contributed by atoms with van der Waals surface area (Å²) >= 11 is 0. The minimum absolute atomic E-state index is 0.0605. The molecule has 0 heterocycles. The molecule has 0 bridgehead atoms. The van der Waals surface area contributed by atoms with E-state index in [1.807, 2.05) is 0 Å². The van der Waals surface area contributed by atoms with Gasteiger partial charge in [-0.25, -0.2) is 0 Å². The van der Waals surface area contributed by atoms with Crippen LogP contribution < -0.4 is 0 Å². The molecule has 11 heavy (non-hydrogen) atoms. The van der Waals surface area contributed by atoms with Crippen LogP contribution in [0.3, 0.4) is 0 Å². The zero-order valence-electron chi connectivity index (χ0n) is 6.78. The summed E-state index contributed by atoms with van der Waals surface area (Å²) in [5.41, 5.74) is 0.667. The summed E-state index contributed by atoms with van der Waals surface area (Å²) in [6.45, 7) is 3.27. The van der Waals surface area contributed by atoms with Crippen molar-refractivity contribution in [2.75, 3.05) is 6.61 Å². The number of rotatable bonds is 3. The van der Waals surface area contributed by atoms with Crippen molar-refractivity contribution in [1.82, 2.24) is 0 Å². The van der Waals surface area contributed by atoms with Gasteiger partial charge in [-0.05, 0) is 19.4 Å². The van der Waals surface area contributed by atoms with Gasteiger partial charge in [0.05, 0.1) is 6.61 Å². The molecule has 0 amide bonds. The number of hydrogen-bond donors (Lipinski definition) is 3. The Labute approximate surface area is 66.3 Å². The van der Waals surface area contributed by atoms with Gasteiger partial charge >= 0.3 is 0 Å². The zero-order chi connectivity index (χ0) is 8.85. The number of hydrogen-bond acceptors (Lipinski definition) is 3. The van der Waals surface area contributed by atoms with Gasteiger partial charge in [0, 0.05) is 0 Å². The molecular formula is C8H14O3. The maximum absolute atomic E-state index is 9.12. The van der Waals surface area contributed by atoms with Crippen LogP contribution in [0.15, 0.2) is 23.5 Å². The van der Waals surface area contributed by atoms with Gasteiger partial charge in [-0.1, -0.05) is 12.2 Å². The van der Waals surface area contributed by atoms with E-state index in [1.165, 1.54) is 12.2 Å².